The number of hydrogen-bond donors (Lipinski definition) is 2. The largest absolute Gasteiger partial charge is 0.370 e. The van der Waals surface area contributed by atoms with Crippen molar-refractivity contribution in [1.82, 2.24) is 24.8 Å². The Hall–Kier alpha value is -3.71. The lowest BCUT2D eigenvalue weighted by atomic mass is 9.72. The zero-order valence-electron chi connectivity index (χ0n) is 20.4. The molecule has 2 saturated heterocycles. The van der Waals surface area contributed by atoms with Crippen LogP contribution in [0.25, 0.3) is 33.5 Å². The summed E-state index contributed by atoms with van der Waals surface area (Å²) in [6, 6.07) is 12.1. The molecule has 5 heterocycles. The number of benzene rings is 1. The molecule has 35 heavy (non-hydrogen) atoms. The molecule has 0 aliphatic carbocycles. The molecule has 7 nitrogen and oxygen atoms in total. The number of rotatable bonds is 3. The van der Waals surface area contributed by atoms with Crippen LogP contribution in [0.15, 0.2) is 72.4 Å². The van der Waals surface area contributed by atoms with Gasteiger partial charge in [-0.25, -0.2) is 4.98 Å². The molecule has 1 spiro atoms. The van der Waals surface area contributed by atoms with E-state index in [0.29, 0.717) is 16.8 Å². The number of aromatic amines is 2. The molecule has 6 rings (SSSR count). The standard InChI is InChI=1S/C25H26N6O.C3H6/c1-30-9-6-25(7-10-30)15-31(16-25)19-4-5-21-22(12-19)29-23(28-21)20-11-18(14-27-24(20)32)17-3-2-8-26-13-17;1-3-2/h2-5,8,11-14H,6-7,9-10,15-16H2,1H3,(H,27,32)(H,28,29);3H,1H2,2H3. The van der Waals surface area contributed by atoms with Crippen molar-refractivity contribution in [2.45, 2.75) is 19.8 Å². The Bertz CT molecular complexity index is 1370. The summed E-state index contributed by atoms with van der Waals surface area (Å²) in [5, 5.41) is 0. The zero-order chi connectivity index (χ0) is 24.4. The molecule has 2 fully saturated rings. The first-order valence-corrected chi connectivity index (χ1v) is 12.1. The molecule has 0 bridgehead atoms. The van der Waals surface area contributed by atoms with Crippen LogP contribution in [-0.2, 0) is 0 Å². The molecule has 3 aromatic heterocycles. The third kappa shape index (κ3) is 4.64. The van der Waals surface area contributed by atoms with E-state index in [9.17, 15) is 4.79 Å². The third-order valence-electron chi connectivity index (χ3n) is 7.08. The number of fused-ring (bicyclic) bond motifs is 1. The van der Waals surface area contributed by atoms with E-state index in [1.807, 2.05) is 31.2 Å². The summed E-state index contributed by atoms with van der Waals surface area (Å²) >= 11 is 0. The lowest BCUT2D eigenvalue weighted by Gasteiger charge is -2.54. The highest BCUT2D eigenvalue weighted by Crippen LogP contribution is 2.42. The maximum absolute atomic E-state index is 12.6. The fourth-order valence-corrected chi connectivity index (χ4v) is 5.04. The number of pyridine rings is 2. The number of hydrogen-bond acceptors (Lipinski definition) is 5. The van der Waals surface area contributed by atoms with Gasteiger partial charge in [0.2, 0.25) is 0 Å². The third-order valence-corrected chi connectivity index (χ3v) is 7.08. The highest BCUT2D eigenvalue weighted by Gasteiger charge is 2.44. The van der Waals surface area contributed by atoms with Gasteiger partial charge in [0.05, 0.1) is 16.6 Å². The molecule has 1 aromatic carbocycles. The van der Waals surface area contributed by atoms with E-state index in [-0.39, 0.29) is 5.56 Å². The molecular formula is C28H32N6O. The van der Waals surface area contributed by atoms with Crippen LogP contribution >= 0.6 is 0 Å². The maximum Gasteiger partial charge on any atom is 0.259 e. The van der Waals surface area contributed by atoms with Crippen LogP contribution in [0.2, 0.25) is 0 Å². The topological polar surface area (TPSA) is 80.9 Å². The van der Waals surface area contributed by atoms with Crippen LogP contribution in [0.5, 0.6) is 0 Å². The molecule has 180 valence electrons. The number of allylic oxidation sites excluding steroid dienone is 1. The van der Waals surface area contributed by atoms with Crippen LogP contribution in [0.4, 0.5) is 5.69 Å². The van der Waals surface area contributed by atoms with Crippen LogP contribution in [0, 0.1) is 5.41 Å². The van der Waals surface area contributed by atoms with E-state index in [2.05, 4.69) is 50.5 Å². The summed E-state index contributed by atoms with van der Waals surface area (Å²) in [4.78, 5) is 32.5. The quantitative estimate of drug-likeness (QED) is 0.426. The number of nitrogens with zero attached hydrogens (tertiary/aromatic N) is 4. The van der Waals surface area contributed by atoms with Crippen molar-refractivity contribution in [2.24, 2.45) is 5.41 Å². The second kappa shape index (κ2) is 9.50. The average Bonchev–Trinajstić information content (AvgIpc) is 3.28. The SMILES string of the molecule is C=CC.CN1CCC2(CC1)CN(c1ccc3nc(-c4cc(-c5cccnc5)c[nH]c4=O)[nH]c3c1)C2. The zero-order valence-corrected chi connectivity index (χ0v) is 20.4. The Balaban J connectivity index is 0.000000806. The summed E-state index contributed by atoms with van der Waals surface area (Å²) in [5.41, 5.74) is 5.73. The van der Waals surface area contributed by atoms with E-state index < -0.39 is 0 Å². The number of H-pyrrole nitrogens is 2. The van der Waals surface area contributed by atoms with E-state index in [0.717, 1.165) is 35.2 Å². The fraction of sp³-hybridized carbons (Fsp3) is 0.321. The summed E-state index contributed by atoms with van der Waals surface area (Å²) < 4.78 is 0. The molecule has 0 amide bonds. The summed E-state index contributed by atoms with van der Waals surface area (Å²) in [5.74, 6) is 0.583. The average molecular weight is 469 g/mol. The summed E-state index contributed by atoms with van der Waals surface area (Å²) in [6.07, 6.45) is 9.55. The van der Waals surface area contributed by atoms with Crippen LogP contribution in [0.1, 0.15) is 19.8 Å². The molecule has 2 aliphatic rings. The molecule has 0 saturated carbocycles. The predicted molar refractivity (Wildman–Crippen MR) is 143 cm³/mol. The molecule has 2 aliphatic heterocycles. The molecule has 4 aromatic rings. The number of likely N-dealkylation sites (tertiary alicyclic amines) is 1. The lowest BCUT2D eigenvalue weighted by Crippen LogP contribution is -2.60. The Kier molecular flexibility index (Phi) is 6.26. The van der Waals surface area contributed by atoms with Crippen molar-refractivity contribution in [3.8, 4) is 22.5 Å². The van der Waals surface area contributed by atoms with E-state index in [4.69, 9.17) is 4.98 Å². The number of imidazole rings is 1. The highest BCUT2D eigenvalue weighted by molar-refractivity contribution is 5.83. The van der Waals surface area contributed by atoms with E-state index in [1.54, 1.807) is 24.7 Å². The van der Waals surface area contributed by atoms with Gasteiger partial charge in [-0.05, 0) is 70.2 Å². The number of nitrogens with one attached hydrogen (secondary N) is 2. The number of piperidine rings is 1. The predicted octanol–water partition coefficient (Wildman–Crippen LogP) is 4.70. The van der Waals surface area contributed by atoms with E-state index in [1.165, 1.54) is 31.6 Å². The van der Waals surface area contributed by atoms with Crippen molar-refractivity contribution in [1.29, 1.82) is 0 Å². The smallest absolute Gasteiger partial charge is 0.259 e. The molecule has 0 radical (unpaired) electrons. The second-order valence-electron chi connectivity index (χ2n) is 9.73. The Morgan fingerprint density at radius 3 is 2.60 bits per heavy atom. The van der Waals surface area contributed by atoms with Crippen molar-refractivity contribution in [3.63, 3.8) is 0 Å². The Morgan fingerprint density at radius 1 is 1.11 bits per heavy atom. The maximum atomic E-state index is 12.6. The first kappa shape index (κ1) is 23.1. The first-order valence-electron chi connectivity index (χ1n) is 12.1. The van der Waals surface area contributed by atoms with Gasteiger partial charge in [-0.15, -0.1) is 6.58 Å². The minimum absolute atomic E-state index is 0.163. The lowest BCUT2D eigenvalue weighted by molar-refractivity contribution is 0.0906. The van der Waals surface area contributed by atoms with Crippen LogP contribution in [-0.4, -0.2) is 58.1 Å². The van der Waals surface area contributed by atoms with Gasteiger partial charge in [0.15, 0.2) is 0 Å². The molecule has 2 N–H and O–H groups in total. The van der Waals surface area contributed by atoms with Gasteiger partial charge in [-0.3, -0.25) is 9.78 Å². The van der Waals surface area contributed by atoms with Crippen molar-refractivity contribution in [2.75, 3.05) is 38.1 Å². The molecule has 0 atom stereocenters. The Morgan fingerprint density at radius 2 is 1.89 bits per heavy atom. The van der Waals surface area contributed by atoms with Crippen molar-refractivity contribution < 1.29 is 0 Å². The summed E-state index contributed by atoms with van der Waals surface area (Å²) in [6.45, 7) is 9.90. The fourth-order valence-electron chi connectivity index (χ4n) is 5.04. The molecular weight excluding hydrogens is 436 g/mol. The van der Waals surface area contributed by atoms with Gasteiger partial charge in [-0.2, -0.15) is 0 Å². The van der Waals surface area contributed by atoms with Gasteiger partial charge in [0.25, 0.3) is 5.56 Å². The summed E-state index contributed by atoms with van der Waals surface area (Å²) in [7, 11) is 2.21. The minimum Gasteiger partial charge on any atom is -0.370 e. The first-order chi connectivity index (χ1) is 17.0. The second-order valence-corrected chi connectivity index (χ2v) is 9.73. The van der Waals surface area contributed by atoms with Gasteiger partial charge in [-0.1, -0.05) is 12.1 Å². The van der Waals surface area contributed by atoms with Crippen molar-refractivity contribution >= 4 is 16.7 Å². The Labute approximate surface area is 205 Å². The minimum atomic E-state index is -0.163. The van der Waals surface area contributed by atoms with E-state index >= 15 is 0 Å². The number of anilines is 1. The van der Waals surface area contributed by atoms with Gasteiger partial charge in [0, 0.05) is 53.9 Å². The van der Waals surface area contributed by atoms with Crippen molar-refractivity contribution in [3.05, 3.63) is 78.0 Å². The monoisotopic (exact) mass is 468 g/mol. The van der Waals surface area contributed by atoms with Gasteiger partial charge < -0.3 is 19.8 Å². The normalized spacial score (nSPS) is 17.0. The van der Waals surface area contributed by atoms with Crippen LogP contribution < -0.4 is 10.5 Å². The van der Waals surface area contributed by atoms with Crippen LogP contribution in [0.3, 0.4) is 0 Å². The molecule has 7 heteroatoms. The number of aromatic nitrogens is 4. The van der Waals surface area contributed by atoms with Gasteiger partial charge in [0.1, 0.15) is 5.82 Å². The van der Waals surface area contributed by atoms with Gasteiger partial charge >= 0.3 is 0 Å². The molecule has 0 unspecified atom stereocenters. The highest BCUT2D eigenvalue weighted by atomic mass is 16.1.